The van der Waals surface area contributed by atoms with Gasteiger partial charge in [-0.1, -0.05) is 18.2 Å². The number of alkyl halides is 6. The minimum Gasteiger partial charge on any atom is -0.353 e. The molecule has 1 saturated heterocycles. The summed E-state index contributed by atoms with van der Waals surface area (Å²) in [6, 6.07) is 13.2. The van der Waals surface area contributed by atoms with Gasteiger partial charge in [0.2, 0.25) is 5.95 Å². The summed E-state index contributed by atoms with van der Waals surface area (Å²) in [4.78, 5) is 25.0. The number of rotatable bonds is 3. The highest BCUT2D eigenvalue weighted by atomic mass is 19.4. The summed E-state index contributed by atoms with van der Waals surface area (Å²) in [6.07, 6.45) is -7.91. The quantitative estimate of drug-likeness (QED) is 0.336. The Labute approximate surface area is 206 Å². The summed E-state index contributed by atoms with van der Waals surface area (Å²) in [5.74, 6) is -0.637. The van der Waals surface area contributed by atoms with Gasteiger partial charge in [-0.3, -0.25) is 4.79 Å². The smallest absolute Gasteiger partial charge is 0.353 e. The fraction of sp³-hybridized carbons (Fsp3) is 0.240. The van der Waals surface area contributed by atoms with Crippen molar-refractivity contribution < 1.29 is 31.1 Å². The van der Waals surface area contributed by atoms with Gasteiger partial charge >= 0.3 is 12.4 Å². The molecule has 1 fully saturated rings. The van der Waals surface area contributed by atoms with Crippen molar-refractivity contribution >= 4 is 28.7 Å². The molecule has 1 aliphatic rings. The summed E-state index contributed by atoms with van der Waals surface area (Å²) in [5, 5.41) is 0. The number of halogens is 6. The van der Waals surface area contributed by atoms with Crippen molar-refractivity contribution in [2.45, 2.75) is 12.4 Å². The summed E-state index contributed by atoms with van der Waals surface area (Å²) >= 11 is 0. The van der Waals surface area contributed by atoms with E-state index in [0.717, 1.165) is 22.8 Å². The first-order chi connectivity index (χ1) is 17.5. The molecule has 2 aromatic carbocycles. The molecule has 5 rings (SSSR count). The third kappa shape index (κ3) is 4.70. The molecule has 0 unspecified atom stereocenters. The largest absolute Gasteiger partial charge is 0.419 e. The number of nitrogens with zero attached hydrogens (tertiary/aromatic N) is 5. The van der Waals surface area contributed by atoms with Crippen LogP contribution in [0, 0.1) is 0 Å². The van der Waals surface area contributed by atoms with E-state index in [9.17, 15) is 31.1 Å². The first kappa shape index (κ1) is 24.6. The molecular formula is C25H19F6N5O. The second-order valence-corrected chi connectivity index (χ2v) is 8.47. The Bertz CT molecular complexity index is 1440. The van der Waals surface area contributed by atoms with E-state index in [4.69, 9.17) is 0 Å². The Hall–Kier alpha value is -4.09. The number of hydrogen-bond donors (Lipinski definition) is 0. The van der Waals surface area contributed by atoms with Crippen molar-refractivity contribution in [2.24, 2.45) is 0 Å². The maximum Gasteiger partial charge on any atom is 0.419 e. The summed E-state index contributed by atoms with van der Waals surface area (Å²) in [7, 11) is 0. The Morgan fingerprint density at radius 3 is 2.11 bits per heavy atom. The lowest BCUT2D eigenvalue weighted by molar-refractivity contribution is -0.138. The van der Waals surface area contributed by atoms with Crippen molar-refractivity contribution in [3.63, 3.8) is 0 Å². The molecule has 37 heavy (non-hydrogen) atoms. The van der Waals surface area contributed by atoms with E-state index in [1.165, 1.54) is 23.2 Å². The van der Waals surface area contributed by atoms with Crippen molar-refractivity contribution in [3.05, 3.63) is 83.6 Å². The van der Waals surface area contributed by atoms with Crippen LogP contribution < -0.4 is 9.80 Å². The van der Waals surface area contributed by atoms with Gasteiger partial charge in [-0.15, -0.1) is 0 Å². The average Bonchev–Trinajstić information content (AvgIpc) is 3.27. The highest BCUT2D eigenvalue weighted by Gasteiger charge is 2.37. The molecule has 0 atom stereocenters. The van der Waals surface area contributed by atoms with Crippen LogP contribution in [-0.2, 0) is 12.4 Å². The molecule has 12 heteroatoms. The Morgan fingerprint density at radius 1 is 0.784 bits per heavy atom. The molecule has 0 saturated carbocycles. The molecule has 4 aromatic rings. The number of hydrogen-bond acceptors (Lipinski definition) is 5. The molecule has 1 aliphatic heterocycles. The maximum absolute atomic E-state index is 13.5. The van der Waals surface area contributed by atoms with E-state index in [-0.39, 0.29) is 54.5 Å². The third-order valence-electron chi connectivity index (χ3n) is 6.14. The average molecular weight is 519 g/mol. The van der Waals surface area contributed by atoms with E-state index < -0.39 is 29.4 Å². The topological polar surface area (TPSA) is 54.3 Å². The van der Waals surface area contributed by atoms with Gasteiger partial charge in [0.25, 0.3) is 5.91 Å². The number of piperazine rings is 1. The van der Waals surface area contributed by atoms with Crippen molar-refractivity contribution in [1.82, 2.24) is 14.5 Å². The third-order valence-corrected chi connectivity index (χ3v) is 6.14. The number of imidazole rings is 1. The number of carbonyl (C=O) groups is 1. The first-order valence-corrected chi connectivity index (χ1v) is 11.3. The van der Waals surface area contributed by atoms with Gasteiger partial charge in [-0.05, 0) is 42.5 Å². The van der Waals surface area contributed by atoms with Gasteiger partial charge in [0.05, 0.1) is 22.2 Å². The number of pyridine rings is 1. The van der Waals surface area contributed by atoms with E-state index >= 15 is 0 Å². The second kappa shape index (κ2) is 9.09. The summed E-state index contributed by atoms with van der Waals surface area (Å²) < 4.78 is 81.9. The van der Waals surface area contributed by atoms with Crippen LogP contribution in [0.25, 0.3) is 11.0 Å². The molecule has 0 bridgehead atoms. The van der Waals surface area contributed by atoms with E-state index in [1.807, 2.05) is 0 Å². The fourth-order valence-electron chi connectivity index (χ4n) is 4.35. The number of aromatic nitrogens is 3. The lowest BCUT2D eigenvalue weighted by Gasteiger charge is -2.36. The van der Waals surface area contributed by atoms with Gasteiger partial charge in [-0.2, -0.15) is 26.3 Å². The first-order valence-electron chi connectivity index (χ1n) is 11.3. The van der Waals surface area contributed by atoms with Crippen LogP contribution in [-0.4, -0.2) is 46.6 Å². The zero-order chi connectivity index (χ0) is 26.4. The number of fused-ring (bicyclic) bond motifs is 1. The molecule has 2 aromatic heterocycles. The summed E-state index contributed by atoms with van der Waals surface area (Å²) in [5.41, 5.74) is -1.34. The minimum absolute atomic E-state index is 0.00908. The molecule has 192 valence electrons. The zero-order valence-corrected chi connectivity index (χ0v) is 19.1. The molecule has 0 spiro atoms. The van der Waals surface area contributed by atoms with Gasteiger partial charge < -0.3 is 9.80 Å². The Kier molecular flexibility index (Phi) is 6.04. The second-order valence-electron chi connectivity index (χ2n) is 8.47. The zero-order valence-electron chi connectivity index (χ0n) is 19.1. The van der Waals surface area contributed by atoms with Crippen LogP contribution in [0.4, 0.5) is 38.1 Å². The highest BCUT2D eigenvalue weighted by molar-refractivity contribution is 6.03. The van der Waals surface area contributed by atoms with E-state index in [1.54, 1.807) is 35.2 Å². The molecule has 0 aliphatic carbocycles. The molecule has 0 amide bonds. The lowest BCUT2D eigenvalue weighted by Crippen LogP contribution is -2.48. The predicted octanol–water partition coefficient (Wildman–Crippen LogP) is 5.48. The highest BCUT2D eigenvalue weighted by Crippen LogP contribution is 2.36. The van der Waals surface area contributed by atoms with E-state index in [2.05, 4.69) is 9.97 Å². The Morgan fingerprint density at radius 2 is 1.46 bits per heavy atom. The van der Waals surface area contributed by atoms with Crippen LogP contribution in [0.1, 0.15) is 21.5 Å². The normalized spacial score (nSPS) is 14.9. The van der Waals surface area contributed by atoms with Crippen LogP contribution >= 0.6 is 0 Å². The molecule has 6 nitrogen and oxygen atoms in total. The van der Waals surface area contributed by atoms with Crippen molar-refractivity contribution in [2.75, 3.05) is 36.0 Å². The fourth-order valence-corrected chi connectivity index (χ4v) is 4.35. The minimum atomic E-state index is -4.62. The molecular weight excluding hydrogens is 500 g/mol. The van der Waals surface area contributed by atoms with E-state index in [0.29, 0.717) is 0 Å². The Balaban J connectivity index is 1.52. The van der Waals surface area contributed by atoms with Gasteiger partial charge in [0.15, 0.2) is 0 Å². The van der Waals surface area contributed by atoms with Crippen LogP contribution in [0.3, 0.4) is 0 Å². The maximum atomic E-state index is 13.5. The monoisotopic (exact) mass is 519 g/mol. The van der Waals surface area contributed by atoms with Gasteiger partial charge in [-0.25, -0.2) is 14.5 Å². The van der Waals surface area contributed by atoms with Gasteiger partial charge in [0.1, 0.15) is 5.82 Å². The van der Waals surface area contributed by atoms with Crippen molar-refractivity contribution in [1.29, 1.82) is 0 Å². The molecule has 0 N–H and O–H groups in total. The van der Waals surface area contributed by atoms with Crippen molar-refractivity contribution in [3.8, 4) is 0 Å². The van der Waals surface area contributed by atoms with Crippen LogP contribution in [0.2, 0.25) is 0 Å². The standard InChI is InChI=1S/C25H19F6N5O/c26-24(27,28)17-8-9-19-20(15-17)36(22(37)16-5-2-1-3-6-16)23(33-19)35-13-11-34(12-14-35)21-18(25(29,30)31)7-4-10-32-21/h1-10,15H,11-14H2. The number of anilines is 2. The van der Waals surface area contributed by atoms with Crippen LogP contribution in [0.5, 0.6) is 0 Å². The molecule has 3 heterocycles. The van der Waals surface area contributed by atoms with Crippen LogP contribution in [0.15, 0.2) is 66.9 Å². The predicted molar refractivity (Wildman–Crippen MR) is 125 cm³/mol. The summed E-state index contributed by atoms with van der Waals surface area (Å²) in [6.45, 7) is 0.615. The number of benzene rings is 2. The number of carbonyl (C=O) groups excluding carboxylic acids is 1. The SMILES string of the molecule is O=C(c1ccccc1)n1c(N2CCN(c3ncccc3C(F)(F)F)CC2)nc2ccc(C(F)(F)F)cc21. The van der Waals surface area contributed by atoms with Gasteiger partial charge in [0, 0.05) is 37.9 Å². The molecule has 0 radical (unpaired) electrons. The lowest BCUT2D eigenvalue weighted by atomic mass is 10.1.